The van der Waals surface area contributed by atoms with E-state index in [0.29, 0.717) is 22.9 Å². The average Bonchev–Trinajstić information content (AvgIpc) is 3.31. The van der Waals surface area contributed by atoms with Gasteiger partial charge in [-0.15, -0.1) is 0 Å². The lowest BCUT2D eigenvalue weighted by atomic mass is 9.89. The van der Waals surface area contributed by atoms with Crippen LogP contribution in [0.2, 0.25) is 0 Å². The third-order valence-corrected chi connectivity index (χ3v) is 7.13. The second-order valence-electron chi connectivity index (χ2n) is 9.48. The Kier molecular flexibility index (Phi) is 11.1. The number of oxazole rings is 1. The Balaban J connectivity index is 2.21. The molecule has 1 aromatic carbocycles. The zero-order chi connectivity index (χ0) is 31.9. The van der Waals surface area contributed by atoms with Crippen molar-refractivity contribution in [3.63, 3.8) is 0 Å². The summed E-state index contributed by atoms with van der Waals surface area (Å²) >= 11 is 0.694. The topological polar surface area (TPSA) is 196 Å². The summed E-state index contributed by atoms with van der Waals surface area (Å²) in [5.41, 5.74) is 0.873. The Hall–Kier alpha value is -4.18. The van der Waals surface area contributed by atoms with Crippen molar-refractivity contribution in [1.29, 1.82) is 0 Å². The molecule has 234 valence electrons. The number of carbonyl (C=O) groups excluding carboxylic acids is 6. The first-order valence-corrected chi connectivity index (χ1v) is 13.8. The molecule has 0 saturated carbocycles. The fourth-order valence-corrected chi connectivity index (χ4v) is 5.67. The molecule has 16 heteroatoms. The first kappa shape index (κ1) is 33.3. The molecule has 15 nitrogen and oxygen atoms in total. The lowest BCUT2D eigenvalue weighted by molar-refractivity contribution is -0.224. The van der Waals surface area contributed by atoms with E-state index in [4.69, 9.17) is 32.8 Å². The Labute approximate surface area is 250 Å². The maximum absolute atomic E-state index is 13.5. The van der Waals surface area contributed by atoms with Crippen molar-refractivity contribution in [3.8, 4) is 0 Å². The van der Waals surface area contributed by atoms with Crippen LogP contribution in [0.15, 0.2) is 33.9 Å². The van der Waals surface area contributed by atoms with Crippen LogP contribution >= 0.6 is 11.8 Å². The molecule has 1 N–H and O–H groups in total. The molecular formula is C27H32N2O13S. The minimum Gasteiger partial charge on any atom is -0.466 e. The molecule has 2 aromatic rings. The van der Waals surface area contributed by atoms with Crippen molar-refractivity contribution in [2.75, 3.05) is 13.7 Å². The number of aromatic nitrogens is 1. The second kappa shape index (κ2) is 14.3. The number of benzene rings is 1. The molecule has 3 rings (SSSR count). The van der Waals surface area contributed by atoms with Crippen LogP contribution in [-0.2, 0) is 57.2 Å². The van der Waals surface area contributed by atoms with E-state index in [9.17, 15) is 28.8 Å². The highest BCUT2D eigenvalue weighted by atomic mass is 32.2. The number of amides is 1. The van der Waals surface area contributed by atoms with Crippen LogP contribution in [-0.4, -0.2) is 89.8 Å². The maximum atomic E-state index is 13.5. The molecule has 0 aliphatic carbocycles. The lowest BCUT2D eigenvalue weighted by Gasteiger charge is -2.48. The SMILES string of the molecule is COC(=O)[C@@]1(Sc2nc3ccccc3o2)C[C@H](OC(C)=O)[C@@H](NC(C)=O)[C@@H]([C@H](OC(C)=O)[C@@H](COC(C)=O)OC(C)=O)O1. The van der Waals surface area contributed by atoms with E-state index in [1.54, 1.807) is 24.3 Å². The summed E-state index contributed by atoms with van der Waals surface area (Å²) in [6.45, 7) is 4.95. The van der Waals surface area contributed by atoms with Gasteiger partial charge in [-0.25, -0.2) is 9.78 Å². The van der Waals surface area contributed by atoms with Gasteiger partial charge in [0.1, 0.15) is 24.3 Å². The summed E-state index contributed by atoms with van der Waals surface area (Å²) in [7, 11) is 1.10. The molecule has 1 aliphatic rings. The number of nitrogens with one attached hydrogen (secondary N) is 1. The number of para-hydroxylation sites is 2. The van der Waals surface area contributed by atoms with Crippen molar-refractivity contribution in [2.45, 2.75) is 81.7 Å². The van der Waals surface area contributed by atoms with Gasteiger partial charge in [0, 0.05) is 41.0 Å². The van der Waals surface area contributed by atoms with Gasteiger partial charge in [-0.2, -0.15) is 0 Å². The van der Waals surface area contributed by atoms with Gasteiger partial charge in [-0.3, -0.25) is 24.0 Å². The molecule has 1 aromatic heterocycles. The summed E-state index contributed by atoms with van der Waals surface area (Å²) in [6.07, 6.45) is -6.36. The fourth-order valence-electron chi connectivity index (χ4n) is 4.54. The number of nitrogens with zero attached hydrogens (tertiary/aromatic N) is 1. The molecule has 0 spiro atoms. The van der Waals surface area contributed by atoms with Gasteiger partial charge in [0.15, 0.2) is 17.8 Å². The van der Waals surface area contributed by atoms with E-state index in [1.165, 1.54) is 6.92 Å². The molecule has 0 unspecified atom stereocenters. The monoisotopic (exact) mass is 624 g/mol. The third kappa shape index (κ3) is 8.67. The number of hydrogen-bond acceptors (Lipinski definition) is 15. The van der Waals surface area contributed by atoms with E-state index in [1.807, 2.05) is 0 Å². The summed E-state index contributed by atoms with van der Waals surface area (Å²) in [4.78, 5) is 76.4. The van der Waals surface area contributed by atoms with E-state index in [0.717, 1.165) is 34.8 Å². The van der Waals surface area contributed by atoms with Gasteiger partial charge in [-0.1, -0.05) is 12.1 Å². The number of thioether (sulfide) groups is 1. The predicted octanol–water partition coefficient (Wildman–Crippen LogP) is 1.44. The first-order chi connectivity index (χ1) is 20.2. The fraction of sp³-hybridized carbons (Fsp3) is 0.519. The van der Waals surface area contributed by atoms with Crippen molar-refractivity contribution in [2.24, 2.45) is 0 Å². The zero-order valence-electron chi connectivity index (χ0n) is 24.3. The van der Waals surface area contributed by atoms with Gasteiger partial charge >= 0.3 is 29.8 Å². The van der Waals surface area contributed by atoms with Crippen LogP contribution in [0.1, 0.15) is 41.0 Å². The Morgan fingerprint density at radius 1 is 1.00 bits per heavy atom. The predicted molar refractivity (Wildman–Crippen MR) is 145 cm³/mol. The van der Waals surface area contributed by atoms with E-state index in [2.05, 4.69) is 10.3 Å². The number of carbonyl (C=O) groups is 6. The smallest absolute Gasteiger partial charge is 0.349 e. The second-order valence-corrected chi connectivity index (χ2v) is 10.7. The van der Waals surface area contributed by atoms with Crippen molar-refractivity contribution in [3.05, 3.63) is 24.3 Å². The first-order valence-electron chi connectivity index (χ1n) is 13.0. The van der Waals surface area contributed by atoms with Gasteiger partial charge in [-0.05, 0) is 23.9 Å². The van der Waals surface area contributed by atoms with Crippen LogP contribution in [0.3, 0.4) is 0 Å². The molecule has 1 aliphatic heterocycles. The van der Waals surface area contributed by atoms with E-state index >= 15 is 0 Å². The average molecular weight is 625 g/mol. The third-order valence-electron chi connectivity index (χ3n) is 6.02. The maximum Gasteiger partial charge on any atom is 0.349 e. The highest BCUT2D eigenvalue weighted by Gasteiger charge is 2.59. The quantitative estimate of drug-likeness (QED) is 0.278. The van der Waals surface area contributed by atoms with Crippen LogP contribution < -0.4 is 5.32 Å². The van der Waals surface area contributed by atoms with Crippen molar-refractivity contribution >= 4 is 58.6 Å². The van der Waals surface area contributed by atoms with Gasteiger partial charge < -0.3 is 38.2 Å². The van der Waals surface area contributed by atoms with Gasteiger partial charge in [0.25, 0.3) is 5.22 Å². The molecular weight excluding hydrogens is 592 g/mol. The number of hydrogen-bond donors (Lipinski definition) is 1. The number of rotatable bonds is 11. The Morgan fingerprint density at radius 2 is 1.67 bits per heavy atom. The number of methoxy groups -OCH3 is 1. The molecule has 1 saturated heterocycles. The lowest BCUT2D eigenvalue weighted by Crippen LogP contribution is -2.68. The number of esters is 5. The normalized spacial score (nSPS) is 22.9. The zero-order valence-corrected chi connectivity index (χ0v) is 25.1. The molecule has 43 heavy (non-hydrogen) atoms. The Bertz CT molecular complexity index is 1340. The van der Waals surface area contributed by atoms with Gasteiger partial charge in [0.2, 0.25) is 10.8 Å². The summed E-state index contributed by atoms with van der Waals surface area (Å²) in [6, 6.07) is 5.53. The minimum absolute atomic E-state index is 0.0228. The van der Waals surface area contributed by atoms with E-state index < -0.39 is 77.8 Å². The van der Waals surface area contributed by atoms with Crippen LogP contribution in [0, 0.1) is 0 Å². The van der Waals surface area contributed by atoms with Crippen LogP contribution in [0.25, 0.3) is 11.1 Å². The van der Waals surface area contributed by atoms with Gasteiger partial charge in [0.05, 0.1) is 13.2 Å². The Morgan fingerprint density at radius 3 is 2.23 bits per heavy atom. The minimum atomic E-state index is -2.07. The van der Waals surface area contributed by atoms with Crippen LogP contribution in [0.5, 0.6) is 0 Å². The molecule has 6 atom stereocenters. The summed E-state index contributed by atoms with van der Waals surface area (Å²) < 4.78 is 38.7. The molecule has 1 fully saturated rings. The van der Waals surface area contributed by atoms with E-state index in [-0.39, 0.29) is 11.6 Å². The van der Waals surface area contributed by atoms with Crippen molar-refractivity contribution in [1.82, 2.24) is 10.3 Å². The standard InChI is InChI=1S/C27H32N2O13S/c1-13(30)28-22-20(38-15(3)32)11-27(25(35)36-6,43-26-29-18-9-7-8-10-19(18)41-26)42-24(22)23(40-17(5)34)21(39-16(4)33)12-37-14(2)31/h7-10,20-24H,11-12H2,1-6H3,(H,28,30)/t20-,21+,22+,23+,24-,27-/m0/s1. The van der Waals surface area contributed by atoms with Crippen LogP contribution in [0.4, 0.5) is 0 Å². The highest BCUT2D eigenvalue weighted by molar-refractivity contribution is 8.01. The molecule has 0 radical (unpaired) electrons. The highest BCUT2D eigenvalue weighted by Crippen LogP contribution is 2.46. The van der Waals surface area contributed by atoms with Crippen molar-refractivity contribution < 1.29 is 61.6 Å². The molecule has 0 bridgehead atoms. The number of fused-ring (bicyclic) bond motifs is 1. The summed E-state index contributed by atoms with van der Waals surface area (Å²) in [5.74, 6) is -4.79. The molecule has 2 heterocycles. The largest absolute Gasteiger partial charge is 0.466 e. The number of ether oxygens (including phenoxy) is 6. The summed E-state index contributed by atoms with van der Waals surface area (Å²) in [5, 5.41) is 2.59. The molecule has 1 amide bonds.